The molecule has 2 saturated heterocycles. The fraction of sp³-hybridized carbons (Fsp3) is 0.714. The lowest BCUT2D eigenvalue weighted by atomic mass is 9.81. The lowest BCUT2D eigenvalue weighted by molar-refractivity contribution is 0.00578. The fourth-order valence-corrected chi connectivity index (χ4v) is 3.09. The van der Waals surface area contributed by atoms with Gasteiger partial charge in [-0.05, 0) is 44.6 Å². The second kappa shape index (κ2) is 5.02. The van der Waals surface area contributed by atoms with E-state index in [1.807, 2.05) is 11.4 Å². The Morgan fingerprint density at radius 2 is 1.95 bits per heavy atom. The summed E-state index contributed by atoms with van der Waals surface area (Å²) in [6.45, 7) is 9.72. The van der Waals surface area contributed by atoms with Gasteiger partial charge in [0.15, 0.2) is 5.06 Å². The summed E-state index contributed by atoms with van der Waals surface area (Å²) in [4.78, 5) is 0. The number of hydrogen-bond acceptors (Lipinski definition) is 5. The van der Waals surface area contributed by atoms with E-state index in [-0.39, 0.29) is 24.4 Å². The molecule has 0 bridgehead atoms. The van der Waals surface area contributed by atoms with Crippen LogP contribution in [0.2, 0.25) is 0 Å². The van der Waals surface area contributed by atoms with Crippen molar-refractivity contribution in [1.29, 1.82) is 0 Å². The maximum atomic E-state index is 6.04. The standard InChI is InChI=1S/C14H21BO4S/c1-13(2)14(3,4)19-15(18-13)10-7-12(20-9-10)17-11-5-6-16-8-11/h7,9,11H,5-6,8H2,1-4H3. The van der Waals surface area contributed by atoms with Gasteiger partial charge in [-0.25, -0.2) is 0 Å². The summed E-state index contributed by atoms with van der Waals surface area (Å²) in [6.07, 6.45) is 1.14. The maximum Gasteiger partial charge on any atom is 0.495 e. The van der Waals surface area contributed by atoms with E-state index in [1.54, 1.807) is 11.3 Å². The zero-order valence-corrected chi connectivity index (χ0v) is 13.3. The Balaban J connectivity index is 1.68. The smallest absolute Gasteiger partial charge is 0.478 e. The van der Waals surface area contributed by atoms with Crippen molar-refractivity contribution in [3.63, 3.8) is 0 Å². The molecular weight excluding hydrogens is 275 g/mol. The van der Waals surface area contributed by atoms with E-state index in [4.69, 9.17) is 18.8 Å². The van der Waals surface area contributed by atoms with Gasteiger partial charge in [0.05, 0.1) is 24.4 Å². The van der Waals surface area contributed by atoms with Crippen LogP contribution in [-0.4, -0.2) is 37.6 Å². The molecule has 2 aliphatic rings. The Hall–Kier alpha value is -0.555. The van der Waals surface area contributed by atoms with Gasteiger partial charge in [-0.2, -0.15) is 0 Å². The highest BCUT2D eigenvalue weighted by molar-refractivity contribution is 7.13. The van der Waals surface area contributed by atoms with Crippen molar-refractivity contribution in [2.45, 2.75) is 51.4 Å². The first-order chi connectivity index (χ1) is 9.37. The molecule has 6 heteroatoms. The molecule has 0 aromatic carbocycles. The minimum absolute atomic E-state index is 0.180. The van der Waals surface area contributed by atoms with Crippen LogP contribution in [0.25, 0.3) is 0 Å². The first-order valence-corrected chi connectivity index (χ1v) is 7.94. The van der Waals surface area contributed by atoms with E-state index in [2.05, 4.69) is 27.7 Å². The fourth-order valence-electron chi connectivity index (χ4n) is 2.26. The Kier molecular flexibility index (Phi) is 3.61. The summed E-state index contributed by atoms with van der Waals surface area (Å²) < 4.78 is 23.3. The summed E-state index contributed by atoms with van der Waals surface area (Å²) >= 11 is 1.59. The van der Waals surface area contributed by atoms with E-state index >= 15 is 0 Å². The first kappa shape index (κ1) is 14.4. The van der Waals surface area contributed by atoms with E-state index < -0.39 is 0 Å². The van der Waals surface area contributed by atoms with Crippen LogP contribution in [0.4, 0.5) is 0 Å². The van der Waals surface area contributed by atoms with E-state index in [9.17, 15) is 0 Å². The van der Waals surface area contributed by atoms with Crippen molar-refractivity contribution < 1.29 is 18.8 Å². The lowest BCUT2D eigenvalue weighted by Gasteiger charge is -2.32. The predicted molar refractivity (Wildman–Crippen MR) is 79.9 cm³/mol. The van der Waals surface area contributed by atoms with Crippen molar-refractivity contribution in [3.05, 3.63) is 11.4 Å². The van der Waals surface area contributed by atoms with Gasteiger partial charge in [-0.3, -0.25) is 0 Å². The molecule has 0 N–H and O–H groups in total. The Morgan fingerprint density at radius 3 is 2.55 bits per heavy atom. The van der Waals surface area contributed by atoms with Gasteiger partial charge in [0.2, 0.25) is 0 Å². The van der Waals surface area contributed by atoms with Crippen LogP contribution in [0.3, 0.4) is 0 Å². The minimum Gasteiger partial charge on any atom is -0.478 e. The van der Waals surface area contributed by atoms with Gasteiger partial charge < -0.3 is 18.8 Å². The van der Waals surface area contributed by atoms with Crippen molar-refractivity contribution in [3.8, 4) is 5.06 Å². The molecule has 0 amide bonds. The molecule has 0 spiro atoms. The average molecular weight is 296 g/mol. The highest BCUT2D eigenvalue weighted by Crippen LogP contribution is 2.37. The molecule has 3 heterocycles. The summed E-state index contributed by atoms with van der Waals surface area (Å²) in [5.41, 5.74) is 0.419. The van der Waals surface area contributed by atoms with Crippen molar-refractivity contribution in [1.82, 2.24) is 0 Å². The Labute approximate surface area is 124 Å². The zero-order valence-electron chi connectivity index (χ0n) is 12.5. The highest BCUT2D eigenvalue weighted by atomic mass is 32.1. The van der Waals surface area contributed by atoms with Crippen LogP contribution in [0.1, 0.15) is 34.1 Å². The average Bonchev–Trinajstić information content (AvgIpc) is 3.02. The van der Waals surface area contributed by atoms with Crippen LogP contribution in [0, 0.1) is 0 Å². The number of ether oxygens (including phenoxy) is 2. The summed E-state index contributed by atoms with van der Waals surface area (Å²) in [5, 5.41) is 2.96. The van der Waals surface area contributed by atoms with Crippen molar-refractivity contribution >= 4 is 23.9 Å². The van der Waals surface area contributed by atoms with Crippen LogP contribution in [0.5, 0.6) is 5.06 Å². The van der Waals surface area contributed by atoms with Crippen molar-refractivity contribution in [2.75, 3.05) is 13.2 Å². The quantitative estimate of drug-likeness (QED) is 0.801. The molecule has 2 aliphatic heterocycles. The molecule has 1 unspecified atom stereocenters. The first-order valence-electron chi connectivity index (χ1n) is 7.06. The Bertz CT molecular complexity index is 463. The number of hydrogen-bond donors (Lipinski definition) is 0. The zero-order chi connectivity index (χ0) is 14.4. The van der Waals surface area contributed by atoms with Crippen LogP contribution in [0.15, 0.2) is 11.4 Å². The summed E-state index contributed by atoms with van der Waals surface area (Å²) in [5.74, 6) is 0. The Morgan fingerprint density at radius 1 is 1.25 bits per heavy atom. The number of thiophene rings is 1. The highest BCUT2D eigenvalue weighted by Gasteiger charge is 2.52. The normalized spacial score (nSPS) is 28.0. The summed E-state index contributed by atoms with van der Waals surface area (Å²) in [6, 6.07) is 2.02. The molecule has 1 aromatic heterocycles. The van der Waals surface area contributed by atoms with Crippen molar-refractivity contribution in [2.24, 2.45) is 0 Å². The minimum atomic E-state index is -0.312. The second-order valence-electron chi connectivity index (χ2n) is 6.39. The molecule has 1 atom stereocenters. The van der Waals surface area contributed by atoms with Gasteiger partial charge in [0.1, 0.15) is 6.10 Å². The lowest BCUT2D eigenvalue weighted by Crippen LogP contribution is -2.41. The summed E-state index contributed by atoms with van der Waals surface area (Å²) in [7, 11) is -0.312. The molecule has 3 rings (SSSR count). The predicted octanol–water partition coefficient (Wildman–Crippen LogP) is 2.21. The largest absolute Gasteiger partial charge is 0.495 e. The van der Waals surface area contributed by atoms with Crippen LogP contribution >= 0.6 is 11.3 Å². The molecule has 0 radical (unpaired) electrons. The molecule has 110 valence electrons. The van der Waals surface area contributed by atoms with Crippen LogP contribution in [-0.2, 0) is 14.0 Å². The van der Waals surface area contributed by atoms with E-state index in [1.165, 1.54) is 0 Å². The van der Waals surface area contributed by atoms with Gasteiger partial charge in [-0.15, -0.1) is 11.3 Å². The SMILES string of the molecule is CC1(C)OB(c2csc(OC3CCOC3)c2)OC1(C)C. The third-order valence-electron chi connectivity index (χ3n) is 4.29. The second-order valence-corrected chi connectivity index (χ2v) is 7.26. The monoisotopic (exact) mass is 296 g/mol. The van der Waals surface area contributed by atoms with E-state index in [0.717, 1.165) is 23.6 Å². The number of rotatable bonds is 3. The molecule has 4 nitrogen and oxygen atoms in total. The molecule has 20 heavy (non-hydrogen) atoms. The van der Waals surface area contributed by atoms with Gasteiger partial charge in [0.25, 0.3) is 0 Å². The van der Waals surface area contributed by atoms with Crippen LogP contribution < -0.4 is 10.2 Å². The van der Waals surface area contributed by atoms with Gasteiger partial charge in [-0.1, -0.05) is 0 Å². The molecular formula is C14H21BO4S. The molecule has 0 saturated carbocycles. The van der Waals surface area contributed by atoms with Gasteiger partial charge >= 0.3 is 7.12 Å². The van der Waals surface area contributed by atoms with E-state index in [0.29, 0.717) is 6.61 Å². The topological polar surface area (TPSA) is 36.9 Å². The molecule has 1 aromatic rings. The molecule has 0 aliphatic carbocycles. The molecule has 2 fully saturated rings. The maximum absolute atomic E-state index is 6.04. The van der Waals surface area contributed by atoms with Gasteiger partial charge in [0, 0.05) is 6.42 Å². The third-order valence-corrected chi connectivity index (χ3v) is 5.13. The third kappa shape index (κ3) is 2.62.